The van der Waals surface area contributed by atoms with Crippen LogP contribution in [0.2, 0.25) is 0 Å². The maximum Gasteiger partial charge on any atom is 0.199 e. The Morgan fingerprint density at radius 1 is 1.30 bits per heavy atom. The molecule has 6 heteroatoms. The van der Waals surface area contributed by atoms with Crippen LogP contribution in [0.5, 0.6) is 0 Å². The summed E-state index contributed by atoms with van der Waals surface area (Å²) in [5.74, 6) is 0.512. The van der Waals surface area contributed by atoms with E-state index in [0.717, 1.165) is 42.5 Å². The van der Waals surface area contributed by atoms with E-state index < -0.39 is 12.0 Å². The van der Waals surface area contributed by atoms with Gasteiger partial charge in [-0.2, -0.15) is 5.10 Å². The summed E-state index contributed by atoms with van der Waals surface area (Å²) < 4.78 is 2.36. The lowest BCUT2D eigenvalue weighted by atomic mass is 9.87. The van der Waals surface area contributed by atoms with Crippen molar-refractivity contribution >= 4 is 17.9 Å². The van der Waals surface area contributed by atoms with E-state index in [9.17, 15) is 10.2 Å². The Morgan fingerprint density at radius 2 is 2.07 bits per heavy atom. The number of aromatic nitrogens is 3. The summed E-state index contributed by atoms with van der Waals surface area (Å²) >= 11 is 5.49. The topological polar surface area (TPSA) is 74.1 Å². The van der Waals surface area contributed by atoms with E-state index in [-0.39, 0.29) is 11.7 Å². The van der Waals surface area contributed by atoms with Crippen molar-refractivity contribution in [2.45, 2.75) is 51.6 Å². The van der Waals surface area contributed by atoms with Crippen molar-refractivity contribution in [3.8, 4) is 0 Å². The Bertz CT molecular complexity index is 899. The fraction of sp³-hybridized carbons (Fsp3) is 0.429. The predicted octanol–water partition coefficient (Wildman–Crippen LogP) is 4.95. The van der Waals surface area contributed by atoms with Crippen LogP contribution in [-0.2, 0) is 0 Å². The molecule has 0 amide bonds. The lowest BCUT2D eigenvalue weighted by Crippen LogP contribution is -2.24. The van der Waals surface area contributed by atoms with E-state index in [1.165, 1.54) is 6.08 Å². The maximum absolute atomic E-state index is 10.6. The molecule has 1 aromatic rings. The molecule has 1 heterocycles. The number of aliphatic hydroxyl groups excluding tert-OH is 2. The third-order valence-electron chi connectivity index (χ3n) is 5.02. The van der Waals surface area contributed by atoms with E-state index in [2.05, 4.69) is 22.9 Å². The van der Waals surface area contributed by atoms with Crippen molar-refractivity contribution in [3.05, 3.63) is 64.5 Å². The zero-order chi connectivity index (χ0) is 19.6. The lowest BCUT2D eigenvalue weighted by Gasteiger charge is -2.25. The fourth-order valence-corrected chi connectivity index (χ4v) is 3.75. The van der Waals surface area contributed by atoms with Gasteiger partial charge in [0, 0.05) is 5.70 Å². The average molecular weight is 386 g/mol. The molecule has 0 radical (unpaired) electrons. The molecular weight excluding hydrogens is 358 g/mol. The van der Waals surface area contributed by atoms with Crippen LogP contribution >= 0.6 is 12.2 Å². The number of hydrogen-bond acceptors (Lipinski definition) is 4. The number of rotatable bonds is 3. The number of aromatic amines is 1. The monoisotopic (exact) mass is 385 g/mol. The van der Waals surface area contributed by atoms with Gasteiger partial charge in [0.2, 0.25) is 0 Å². The minimum absolute atomic E-state index is 0.132. The third-order valence-corrected chi connectivity index (χ3v) is 5.30. The largest absolute Gasteiger partial charge is 0.508 e. The third kappa shape index (κ3) is 4.22. The van der Waals surface area contributed by atoms with Crippen LogP contribution in [-0.4, -0.2) is 31.1 Å². The molecule has 2 atom stereocenters. The number of allylic oxidation sites excluding steroid dienone is 6. The standard InChI is InChI=1S/C21H27N3O2S/c1-13(2)16-11-17(19(26)12-18(16)25)20-22-23-21(27)24(20)15-8-6-4-5-7-14(3)9-10-15/h8-13,17,19,25-26H,3-7H2,1-2H3,(H,23,27)/b10-9-,15-8+. The number of nitrogens with zero attached hydrogens (tertiary/aromatic N) is 2. The van der Waals surface area contributed by atoms with Crippen LogP contribution in [0.3, 0.4) is 0 Å². The van der Waals surface area contributed by atoms with Gasteiger partial charge in [0.25, 0.3) is 0 Å². The van der Waals surface area contributed by atoms with Crippen LogP contribution in [0, 0.1) is 10.7 Å². The highest BCUT2D eigenvalue weighted by atomic mass is 32.1. The molecule has 2 unspecified atom stereocenters. The molecule has 2 aliphatic carbocycles. The van der Waals surface area contributed by atoms with E-state index in [1.807, 2.05) is 36.6 Å². The molecule has 0 aliphatic heterocycles. The maximum atomic E-state index is 10.6. The quantitative estimate of drug-likeness (QED) is 0.644. The summed E-state index contributed by atoms with van der Waals surface area (Å²) in [5.41, 5.74) is 2.82. The molecule has 1 aromatic heterocycles. The van der Waals surface area contributed by atoms with Gasteiger partial charge < -0.3 is 10.2 Å². The van der Waals surface area contributed by atoms with Crippen molar-refractivity contribution in [2.75, 3.05) is 0 Å². The second kappa shape index (κ2) is 8.23. The first-order chi connectivity index (χ1) is 12.9. The smallest absolute Gasteiger partial charge is 0.199 e. The minimum atomic E-state index is -0.868. The Hall–Kier alpha value is -2.18. The van der Waals surface area contributed by atoms with Crippen molar-refractivity contribution < 1.29 is 10.2 Å². The first-order valence-electron chi connectivity index (χ1n) is 9.43. The first-order valence-corrected chi connectivity index (χ1v) is 9.84. The normalized spacial score (nSPS) is 27.1. The minimum Gasteiger partial charge on any atom is -0.508 e. The molecule has 2 aliphatic rings. The molecule has 144 valence electrons. The number of nitrogens with one attached hydrogen (secondary N) is 1. The van der Waals surface area contributed by atoms with Crippen LogP contribution in [0.4, 0.5) is 0 Å². The molecule has 0 spiro atoms. The van der Waals surface area contributed by atoms with Gasteiger partial charge in [0.1, 0.15) is 11.6 Å². The van der Waals surface area contributed by atoms with Crippen molar-refractivity contribution in [3.63, 3.8) is 0 Å². The summed E-state index contributed by atoms with van der Waals surface area (Å²) in [7, 11) is 0. The summed E-state index contributed by atoms with van der Waals surface area (Å²) in [6.45, 7) is 8.12. The molecule has 0 saturated heterocycles. The SMILES string of the molecule is C=C1/C=C\C(n2c(C3C=C(C(C)C)C(O)=CC3O)n[nH]c2=S)=C/CCCC1. The molecule has 0 fully saturated rings. The van der Waals surface area contributed by atoms with Gasteiger partial charge in [0.05, 0.1) is 12.0 Å². The predicted molar refractivity (Wildman–Crippen MR) is 111 cm³/mol. The van der Waals surface area contributed by atoms with E-state index in [1.54, 1.807) is 0 Å². The van der Waals surface area contributed by atoms with Gasteiger partial charge >= 0.3 is 0 Å². The van der Waals surface area contributed by atoms with E-state index >= 15 is 0 Å². The second-order valence-corrected chi connectivity index (χ2v) is 7.82. The molecule has 0 saturated carbocycles. The van der Waals surface area contributed by atoms with Crippen LogP contribution in [0.25, 0.3) is 5.70 Å². The van der Waals surface area contributed by atoms with Gasteiger partial charge in [-0.3, -0.25) is 9.67 Å². The molecule has 3 rings (SSSR count). The second-order valence-electron chi connectivity index (χ2n) is 7.43. The highest BCUT2D eigenvalue weighted by Gasteiger charge is 2.30. The van der Waals surface area contributed by atoms with Gasteiger partial charge in [-0.15, -0.1) is 0 Å². The van der Waals surface area contributed by atoms with Crippen molar-refractivity contribution in [1.29, 1.82) is 0 Å². The van der Waals surface area contributed by atoms with Crippen LogP contribution in [0.1, 0.15) is 51.3 Å². The average Bonchev–Trinajstić information content (AvgIpc) is 3.01. The zero-order valence-electron chi connectivity index (χ0n) is 15.9. The number of hydrogen-bond donors (Lipinski definition) is 3. The van der Waals surface area contributed by atoms with Crippen LogP contribution in [0.15, 0.2) is 53.9 Å². The molecule has 0 aromatic carbocycles. The summed E-state index contributed by atoms with van der Waals surface area (Å²) in [6, 6.07) is 0. The highest BCUT2D eigenvalue weighted by molar-refractivity contribution is 7.71. The van der Waals surface area contributed by atoms with Gasteiger partial charge in [-0.1, -0.05) is 44.2 Å². The Kier molecular flexibility index (Phi) is 5.97. The molecule has 3 N–H and O–H groups in total. The molecule has 0 bridgehead atoms. The number of aliphatic hydroxyl groups is 2. The Morgan fingerprint density at radius 3 is 2.81 bits per heavy atom. The molecule has 5 nitrogen and oxygen atoms in total. The van der Waals surface area contributed by atoms with Gasteiger partial charge in [-0.05, 0) is 61.5 Å². The van der Waals surface area contributed by atoms with E-state index in [0.29, 0.717) is 10.6 Å². The summed E-state index contributed by atoms with van der Waals surface area (Å²) in [4.78, 5) is 0. The van der Waals surface area contributed by atoms with Gasteiger partial charge in [-0.25, -0.2) is 0 Å². The van der Waals surface area contributed by atoms with Crippen LogP contribution < -0.4 is 0 Å². The van der Waals surface area contributed by atoms with Crippen molar-refractivity contribution in [2.24, 2.45) is 5.92 Å². The fourth-order valence-electron chi connectivity index (χ4n) is 3.50. The number of H-pyrrole nitrogens is 1. The lowest BCUT2D eigenvalue weighted by molar-refractivity contribution is 0.192. The molecule has 27 heavy (non-hydrogen) atoms. The van der Waals surface area contributed by atoms with Gasteiger partial charge in [0.15, 0.2) is 4.77 Å². The summed E-state index contributed by atoms with van der Waals surface area (Å²) in [5, 5.41) is 28.0. The molecular formula is C21H27N3O2S. The Labute approximate surface area is 165 Å². The first kappa shape index (κ1) is 19.6. The Balaban J connectivity index is 2.07. The van der Waals surface area contributed by atoms with E-state index in [4.69, 9.17) is 12.2 Å². The zero-order valence-corrected chi connectivity index (χ0v) is 16.7. The highest BCUT2D eigenvalue weighted by Crippen LogP contribution is 2.33. The summed E-state index contributed by atoms with van der Waals surface area (Å²) in [6.07, 6.45) is 12.8. The van der Waals surface area contributed by atoms with Crippen molar-refractivity contribution in [1.82, 2.24) is 14.8 Å².